The summed E-state index contributed by atoms with van der Waals surface area (Å²) in [4.78, 5) is 11.6. The Bertz CT molecular complexity index is 902. The van der Waals surface area contributed by atoms with Crippen LogP contribution >= 0.6 is 0 Å². The Labute approximate surface area is 140 Å². The summed E-state index contributed by atoms with van der Waals surface area (Å²) in [6.07, 6.45) is 0. The van der Waals surface area contributed by atoms with Crippen molar-refractivity contribution in [1.82, 2.24) is 0 Å². The van der Waals surface area contributed by atoms with E-state index in [1.165, 1.54) is 16.4 Å². The minimum absolute atomic E-state index is 0.171. The van der Waals surface area contributed by atoms with Crippen molar-refractivity contribution in [2.24, 2.45) is 5.73 Å². The fraction of sp³-hybridized carbons (Fsp3) is 0.235. The first-order valence-corrected chi connectivity index (χ1v) is 8.91. The number of ether oxygens (including phenoxy) is 1. The number of aryl methyl sites for hydroxylation is 2. The highest BCUT2D eigenvalue weighted by Gasteiger charge is 2.31. The predicted molar refractivity (Wildman–Crippen MR) is 90.9 cm³/mol. The zero-order valence-corrected chi connectivity index (χ0v) is 14.3. The van der Waals surface area contributed by atoms with Crippen molar-refractivity contribution in [3.63, 3.8) is 0 Å². The molecule has 7 heteroatoms. The van der Waals surface area contributed by atoms with Crippen LogP contribution in [0.5, 0.6) is 5.75 Å². The summed E-state index contributed by atoms with van der Waals surface area (Å²) >= 11 is 0. The molecule has 1 aliphatic rings. The molecule has 1 heterocycles. The summed E-state index contributed by atoms with van der Waals surface area (Å²) in [6.45, 7) is 4.12. The highest BCUT2D eigenvalue weighted by Crippen LogP contribution is 2.36. The quantitative estimate of drug-likeness (QED) is 0.920. The summed E-state index contributed by atoms with van der Waals surface area (Å²) in [5.41, 5.74) is 7.61. The summed E-state index contributed by atoms with van der Waals surface area (Å²) < 4.78 is 33.0. The zero-order chi connectivity index (χ0) is 17.5. The van der Waals surface area contributed by atoms with E-state index in [1.54, 1.807) is 18.2 Å². The van der Waals surface area contributed by atoms with E-state index < -0.39 is 15.9 Å². The average molecular weight is 346 g/mol. The number of hydrogen-bond acceptors (Lipinski definition) is 4. The molecule has 0 spiro atoms. The Kier molecular flexibility index (Phi) is 3.96. The second-order valence-corrected chi connectivity index (χ2v) is 7.66. The minimum atomic E-state index is -3.76. The van der Waals surface area contributed by atoms with E-state index in [0.29, 0.717) is 11.4 Å². The molecule has 0 atom stereocenters. The van der Waals surface area contributed by atoms with Crippen LogP contribution < -0.4 is 14.8 Å². The van der Waals surface area contributed by atoms with Gasteiger partial charge >= 0.3 is 0 Å². The van der Waals surface area contributed by atoms with E-state index in [-0.39, 0.29) is 23.6 Å². The molecular weight excluding hydrogens is 328 g/mol. The van der Waals surface area contributed by atoms with Crippen molar-refractivity contribution in [2.75, 3.05) is 17.5 Å². The molecule has 126 valence electrons. The molecule has 2 aromatic rings. The lowest BCUT2D eigenvalue weighted by atomic mass is 10.1. The Morgan fingerprint density at radius 1 is 1.12 bits per heavy atom. The number of rotatable bonds is 3. The Balaban J connectivity index is 2.14. The number of carbonyl (C=O) groups excluding carboxylic acids is 1. The lowest BCUT2D eigenvalue weighted by Gasteiger charge is -2.30. The van der Waals surface area contributed by atoms with Crippen LogP contribution in [-0.4, -0.2) is 27.5 Å². The molecule has 2 N–H and O–H groups in total. The Morgan fingerprint density at radius 3 is 2.42 bits per heavy atom. The van der Waals surface area contributed by atoms with Gasteiger partial charge in [-0.1, -0.05) is 6.07 Å². The summed E-state index contributed by atoms with van der Waals surface area (Å²) in [6, 6.07) is 9.73. The maximum atomic E-state index is 13.1. The van der Waals surface area contributed by atoms with Crippen molar-refractivity contribution < 1.29 is 17.9 Å². The van der Waals surface area contributed by atoms with E-state index in [2.05, 4.69) is 0 Å². The number of amides is 1. The number of nitrogens with two attached hydrogens (primary N) is 1. The van der Waals surface area contributed by atoms with Crippen LogP contribution in [0.2, 0.25) is 0 Å². The van der Waals surface area contributed by atoms with Crippen LogP contribution in [-0.2, 0) is 10.0 Å². The van der Waals surface area contributed by atoms with E-state index in [4.69, 9.17) is 10.5 Å². The number of fused-ring (bicyclic) bond motifs is 1. The average Bonchev–Trinajstić information content (AvgIpc) is 2.52. The van der Waals surface area contributed by atoms with Crippen molar-refractivity contribution >= 4 is 21.6 Å². The first-order valence-electron chi connectivity index (χ1n) is 7.47. The number of carbonyl (C=O) groups is 1. The molecule has 0 aromatic heterocycles. The molecule has 0 saturated heterocycles. The van der Waals surface area contributed by atoms with Crippen LogP contribution in [0.15, 0.2) is 41.3 Å². The highest BCUT2D eigenvalue weighted by molar-refractivity contribution is 7.92. The topological polar surface area (TPSA) is 89.7 Å². The van der Waals surface area contributed by atoms with Gasteiger partial charge in [0.2, 0.25) is 5.91 Å². The fourth-order valence-electron chi connectivity index (χ4n) is 2.81. The lowest BCUT2D eigenvalue weighted by molar-refractivity contribution is 0.1000. The first kappa shape index (κ1) is 16.3. The van der Waals surface area contributed by atoms with E-state index in [1.807, 2.05) is 19.9 Å². The molecule has 0 radical (unpaired) electrons. The van der Waals surface area contributed by atoms with Gasteiger partial charge in [0.05, 0.1) is 17.1 Å². The summed E-state index contributed by atoms with van der Waals surface area (Å²) in [5, 5.41) is 0. The molecule has 6 nitrogen and oxygen atoms in total. The monoisotopic (exact) mass is 346 g/mol. The third-order valence-corrected chi connectivity index (χ3v) is 5.64. The molecule has 0 aliphatic carbocycles. The highest BCUT2D eigenvalue weighted by atomic mass is 32.2. The summed E-state index contributed by atoms with van der Waals surface area (Å²) in [7, 11) is -3.76. The molecule has 0 unspecified atom stereocenters. The third-order valence-electron chi connectivity index (χ3n) is 3.85. The second kappa shape index (κ2) is 5.83. The second-order valence-electron chi connectivity index (χ2n) is 5.80. The van der Waals surface area contributed by atoms with E-state index in [0.717, 1.165) is 11.1 Å². The molecule has 1 aliphatic heterocycles. The van der Waals surface area contributed by atoms with Gasteiger partial charge < -0.3 is 10.5 Å². The van der Waals surface area contributed by atoms with Crippen molar-refractivity contribution in [2.45, 2.75) is 18.7 Å². The minimum Gasteiger partial charge on any atom is -0.489 e. The van der Waals surface area contributed by atoms with Gasteiger partial charge in [0.25, 0.3) is 10.0 Å². The molecule has 24 heavy (non-hydrogen) atoms. The smallest absolute Gasteiger partial charge is 0.264 e. The van der Waals surface area contributed by atoms with Crippen molar-refractivity contribution in [1.29, 1.82) is 0 Å². The van der Waals surface area contributed by atoms with Crippen LogP contribution in [0.1, 0.15) is 21.5 Å². The number of anilines is 1. The molecule has 3 rings (SSSR count). The van der Waals surface area contributed by atoms with Gasteiger partial charge in [-0.05, 0) is 55.3 Å². The van der Waals surface area contributed by atoms with Crippen LogP contribution in [0.25, 0.3) is 0 Å². The van der Waals surface area contributed by atoms with Gasteiger partial charge in [0.1, 0.15) is 12.4 Å². The Morgan fingerprint density at radius 2 is 1.79 bits per heavy atom. The maximum absolute atomic E-state index is 13.1. The number of nitrogens with zero attached hydrogens (tertiary/aromatic N) is 1. The lowest BCUT2D eigenvalue weighted by Crippen LogP contribution is -2.38. The molecule has 0 fully saturated rings. The van der Waals surface area contributed by atoms with E-state index in [9.17, 15) is 13.2 Å². The molecule has 1 amide bonds. The number of primary amides is 1. The van der Waals surface area contributed by atoms with Crippen molar-refractivity contribution in [3.8, 4) is 5.75 Å². The normalized spacial score (nSPS) is 14.0. The van der Waals surface area contributed by atoms with Gasteiger partial charge in [-0.15, -0.1) is 0 Å². The summed E-state index contributed by atoms with van der Waals surface area (Å²) in [5.74, 6) is -0.202. The van der Waals surface area contributed by atoms with Crippen molar-refractivity contribution in [3.05, 3.63) is 53.1 Å². The zero-order valence-electron chi connectivity index (χ0n) is 13.4. The third kappa shape index (κ3) is 2.82. The van der Waals surface area contributed by atoms with Gasteiger partial charge in [-0.2, -0.15) is 0 Å². The van der Waals surface area contributed by atoms with Crippen LogP contribution in [0, 0.1) is 13.8 Å². The first-order chi connectivity index (χ1) is 11.3. The standard InChI is InChI=1S/C17H18N2O4S/c1-11-7-12(2)9-14(8-11)24(21,22)19-5-6-23-16-4-3-13(17(18)20)10-15(16)19/h3-4,7-10H,5-6H2,1-2H3,(H2,18,20). The van der Waals surface area contributed by atoms with Gasteiger partial charge in [0, 0.05) is 5.56 Å². The van der Waals surface area contributed by atoms with Gasteiger partial charge in [-0.25, -0.2) is 8.42 Å². The van der Waals surface area contributed by atoms with E-state index >= 15 is 0 Å². The molecule has 2 aromatic carbocycles. The number of hydrogen-bond donors (Lipinski definition) is 1. The predicted octanol–water partition coefficient (Wildman–Crippen LogP) is 1.99. The van der Waals surface area contributed by atoms with Crippen LogP contribution in [0.3, 0.4) is 0 Å². The number of benzene rings is 2. The molecule has 0 saturated carbocycles. The van der Waals surface area contributed by atoms with Gasteiger partial charge in [0.15, 0.2) is 0 Å². The fourth-order valence-corrected chi connectivity index (χ4v) is 4.45. The van der Waals surface area contributed by atoms with Crippen LogP contribution in [0.4, 0.5) is 5.69 Å². The largest absolute Gasteiger partial charge is 0.489 e. The Hall–Kier alpha value is -2.54. The molecule has 0 bridgehead atoms. The molecular formula is C17H18N2O4S. The van der Waals surface area contributed by atoms with Gasteiger partial charge in [-0.3, -0.25) is 9.10 Å². The number of sulfonamides is 1. The maximum Gasteiger partial charge on any atom is 0.264 e. The SMILES string of the molecule is Cc1cc(C)cc(S(=O)(=O)N2CCOc3ccc(C(N)=O)cc32)c1.